The molecule has 2 heterocycles. The third-order valence-corrected chi connectivity index (χ3v) is 7.45. The van der Waals surface area contributed by atoms with Gasteiger partial charge in [0.1, 0.15) is 12.1 Å². The van der Waals surface area contributed by atoms with Crippen LogP contribution < -0.4 is 5.32 Å². The molecule has 9 nitrogen and oxygen atoms in total. The van der Waals surface area contributed by atoms with Gasteiger partial charge in [-0.3, -0.25) is 4.79 Å². The number of nitrogens with one attached hydrogen (secondary N) is 1. The van der Waals surface area contributed by atoms with Crippen LogP contribution in [0.5, 0.6) is 0 Å². The summed E-state index contributed by atoms with van der Waals surface area (Å²) in [6, 6.07) is 11.9. The summed E-state index contributed by atoms with van der Waals surface area (Å²) in [6.45, 7) is 2.28. The largest absolute Gasteiger partial charge is 0.349 e. The molecule has 0 bridgehead atoms. The van der Waals surface area contributed by atoms with Gasteiger partial charge in [-0.25, -0.2) is 17.5 Å². The fourth-order valence-electron chi connectivity index (χ4n) is 3.74. The minimum atomic E-state index is -3.75. The van der Waals surface area contributed by atoms with E-state index in [2.05, 4.69) is 20.8 Å². The van der Waals surface area contributed by atoms with E-state index >= 15 is 0 Å². The second-order valence-electron chi connectivity index (χ2n) is 7.73. The molecule has 0 spiro atoms. The first-order chi connectivity index (χ1) is 15.3. The monoisotopic (exact) mass is 458 g/mol. The number of carbonyl (C=O) groups is 1. The van der Waals surface area contributed by atoms with Gasteiger partial charge in [0.25, 0.3) is 0 Å². The third kappa shape index (κ3) is 4.68. The van der Waals surface area contributed by atoms with E-state index in [0.717, 1.165) is 5.56 Å². The third-order valence-electron chi connectivity index (χ3n) is 5.57. The van der Waals surface area contributed by atoms with Crippen LogP contribution in [0.2, 0.25) is 0 Å². The molecule has 1 saturated heterocycles. The Kier molecular flexibility index (Phi) is 6.28. The Morgan fingerprint density at radius 2 is 1.88 bits per heavy atom. The van der Waals surface area contributed by atoms with Gasteiger partial charge in [0.15, 0.2) is 0 Å². The number of carbonyl (C=O) groups excluding carboxylic acids is 1. The second-order valence-corrected chi connectivity index (χ2v) is 9.67. The summed E-state index contributed by atoms with van der Waals surface area (Å²) in [5.74, 6) is -1.01. The van der Waals surface area contributed by atoms with Crippen molar-refractivity contribution in [3.05, 3.63) is 66.2 Å². The summed E-state index contributed by atoms with van der Waals surface area (Å²) in [4.78, 5) is 13.0. The first-order valence-electron chi connectivity index (χ1n) is 10.2. The minimum absolute atomic E-state index is 0.110. The molecule has 32 heavy (non-hydrogen) atoms. The lowest BCUT2D eigenvalue weighted by Crippen LogP contribution is -2.45. The molecule has 1 fully saturated rings. The normalized spacial score (nSPS) is 18.2. The lowest BCUT2D eigenvalue weighted by molar-refractivity contribution is -0.126. The zero-order valence-corrected chi connectivity index (χ0v) is 18.2. The summed E-state index contributed by atoms with van der Waals surface area (Å²) < 4.78 is 42.2. The van der Waals surface area contributed by atoms with E-state index in [1.807, 2.05) is 6.92 Å². The molecular weight excluding hydrogens is 435 g/mol. The Bertz CT molecular complexity index is 1170. The van der Waals surface area contributed by atoms with Crippen LogP contribution in [0.4, 0.5) is 4.39 Å². The predicted molar refractivity (Wildman–Crippen MR) is 114 cm³/mol. The molecule has 2 atom stereocenters. The van der Waals surface area contributed by atoms with Crippen molar-refractivity contribution in [2.75, 3.05) is 13.1 Å². The van der Waals surface area contributed by atoms with E-state index < -0.39 is 15.9 Å². The van der Waals surface area contributed by atoms with Crippen molar-refractivity contribution in [2.24, 2.45) is 5.92 Å². The number of piperidine rings is 1. The van der Waals surface area contributed by atoms with Crippen molar-refractivity contribution in [1.29, 1.82) is 0 Å². The van der Waals surface area contributed by atoms with Crippen LogP contribution in [0.3, 0.4) is 0 Å². The maximum Gasteiger partial charge on any atom is 0.243 e. The molecule has 1 aliphatic heterocycles. The Balaban J connectivity index is 1.43. The summed E-state index contributed by atoms with van der Waals surface area (Å²) in [5, 5.41) is 13.8. The van der Waals surface area contributed by atoms with Gasteiger partial charge < -0.3 is 5.32 Å². The zero-order chi connectivity index (χ0) is 22.7. The molecule has 168 valence electrons. The minimum Gasteiger partial charge on any atom is -0.349 e. The Labute approximate surface area is 185 Å². The fourth-order valence-corrected chi connectivity index (χ4v) is 5.26. The highest BCUT2D eigenvalue weighted by molar-refractivity contribution is 7.89. The summed E-state index contributed by atoms with van der Waals surface area (Å²) in [6.07, 6.45) is 2.61. The van der Waals surface area contributed by atoms with Crippen molar-refractivity contribution < 1.29 is 17.6 Å². The number of aromatic nitrogens is 4. The molecule has 0 unspecified atom stereocenters. The van der Waals surface area contributed by atoms with Crippen molar-refractivity contribution in [3.63, 3.8) is 0 Å². The van der Waals surface area contributed by atoms with E-state index in [1.165, 1.54) is 39.6 Å². The Morgan fingerprint density at radius 3 is 2.53 bits per heavy atom. The number of sulfonamides is 1. The standard InChI is InChI=1S/C21H23FN6O3S/c1-15(16-4-6-18(22)7-5-16)24-21(29)17-3-2-12-27(13-17)32(30,31)20-10-8-19(9-11-20)28-14-23-25-26-28/h4-11,14-15,17H,2-3,12-13H2,1H3,(H,24,29)/t15-,17-/m1/s1. The van der Waals surface area contributed by atoms with Crippen LogP contribution in [0.15, 0.2) is 59.8 Å². The van der Waals surface area contributed by atoms with Crippen molar-refractivity contribution in [1.82, 2.24) is 29.8 Å². The van der Waals surface area contributed by atoms with Gasteiger partial charge in [0.05, 0.1) is 22.5 Å². The first-order valence-corrected chi connectivity index (χ1v) is 11.7. The molecule has 3 aromatic rings. The molecule has 0 radical (unpaired) electrons. The van der Waals surface area contributed by atoms with E-state index in [9.17, 15) is 17.6 Å². The molecular formula is C21H23FN6O3S. The summed E-state index contributed by atoms with van der Waals surface area (Å²) >= 11 is 0. The molecule has 1 aromatic heterocycles. The fraction of sp³-hybridized carbons (Fsp3) is 0.333. The van der Waals surface area contributed by atoms with E-state index in [1.54, 1.807) is 24.3 Å². The highest BCUT2D eigenvalue weighted by Crippen LogP contribution is 2.25. The number of amides is 1. The van der Waals surface area contributed by atoms with E-state index in [-0.39, 0.29) is 29.2 Å². The highest BCUT2D eigenvalue weighted by Gasteiger charge is 2.33. The van der Waals surface area contributed by atoms with Crippen LogP contribution in [0.1, 0.15) is 31.4 Å². The smallest absolute Gasteiger partial charge is 0.243 e. The van der Waals surface area contributed by atoms with Crippen LogP contribution in [-0.4, -0.2) is 51.9 Å². The second kappa shape index (κ2) is 9.13. The van der Waals surface area contributed by atoms with Gasteiger partial charge in [0, 0.05) is 13.1 Å². The predicted octanol–water partition coefficient (Wildman–Crippen LogP) is 2.08. The van der Waals surface area contributed by atoms with Gasteiger partial charge in [0.2, 0.25) is 15.9 Å². The number of hydrogen-bond donors (Lipinski definition) is 1. The maximum absolute atomic E-state index is 13.1. The Morgan fingerprint density at radius 1 is 1.16 bits per heavy atom. The molecule has 0 saturated carbocycles. The van der Waals surface area contributed by atoms with Crippen LogP contribution in [-0.2, 0) is 14.8 Å². The highest BCUT2D eigenvalue weighted by atomic mass is 32.2. The number of rotatable bonds is 6. The number of hydrogen-bond acceptors (Lipinski definition) is 6. The van der Waals surface area contributed by atoms with Crippen LogP contribution in [0.25, 0.3) is 5.69 Å². The van der Waals surface area contributed by atoms with Gasteiger partial charge in [-0.1, -0.05) is 12.1 Å². The molecule has 11 heteroatoms. The van der Waals surface area contributed by atoms with Crippen molar-refractivity contribution in [2.45, 2.75) is 30.7 Å². The molecule has 0 aliphatic carbocycles. The number of tetrazole rings is 1. The molecule has 1 aliphatic rings. The van der Waals surface area contributed by atoms with Gasteiger partial charge >= 0.3 is 0 Å². The quantitative estimate of drug-likeness (QED) is 0.606. The van der Waals surface area contributed by atoms with Crippen molar-refractivity contribution >= 4 is 15.9 Å². The van der Waals surface area contributed by atoms with Gasteiger partial charge in [-0.2, -0.15) is 4.31 Å². The average Bonchev–Trinajstić information content (AvgIpc) is 3.35. The summed E-state index contributed by atoms with van der Waals surface area (Å²) in [7, 11) is -3.75. The average molecular weight is 459 g/mol. The lowest BCUT2D eigenvalue weighted by atomic mass is 9.98. The SMILES string of the molecule is C[C@@H](NC(=O)[C@@H]1CCCN(S(=O)(=O)c2ccc(-n3cnnn3)cc2)C1)c1ccc(F)cc1. The molecule has 1 N–H and O–H groups in total. The Hall–Kier alpha value is -3.18. The number of halogens is 1. The van der Waals surface area contributed by atoms with Crippen LogP contribution >= 0.6 is 0 Å². The molecule has 1 amide bonds. The number of benzene rings is 2. The zero-order valence-electron chi connectivity index (χ0n) is 17.4. The topological polar surface area (TPSA) is 110 Å². The molecule has 2 aromatic carbocycles. The van der Waals surface area contributed by atoms with Gasteiger partial charge in [-0.05, 0) is 72.2 Å². The van der Waals surface area contributed by atoms with E-state index in [4.69, 9.17) is 0 Å². The lowest BCUT2D eigenvalue weighted by Gasteiger charge is -2.32. The molecule has 4 rings (SSSR count). The van der Waals surface area contributed by atoms with E-state index in [0.29, 0.717) is 25.1 Å². The summed E-state index contributed by atoms with van der Waals surface area (Å²) in [5.41, 5.74) is 1.42. The van der Waals surface area contributed by atoms with Crippen molar-refractivity contribution in [3.8, 4) is 5.69 Å². The maximum atomic E-state index is 13.1. The number of nitrogens with zero attached hydrogens (tertiary/aromatic N) is 5. The first kappa shape index (κ1) is 22.0. The van der Waals surface area contributed by atoms with Crippen LogP contribution in [0, 0.1) is 11.7 Å². The van der Waals surface area contributed by atoms with Gasteiger partial charge in [-0.15, -0.1) is 5.10 Å².